The van der Waals surface area contributed by atoms with Gasteiger partial charge in [0, 0.05) is 4.47 Å². The fourth-order valence-electron chi connectivity index (χ4n) is 1.54. The molecule has 0 spiro atoms. The minimum Gasteiger partial charge on any atom is -0.376 e. The fraction of sp³-hybridized carbons (Fsp3) is 0.571. The number of rotatable bonds is 8. The summed E-state index contributed by atoms with van der Waals surface area (Å²) in [5.41, 5.74) is 1.22. The number of nitrogens with one attached hydrogen (secondary N) is 1. The first kappa shape index (κ1) is 14.7. The summed E-state index contributed by atoms with van der Waals surface area (Å²) in [7, 11) is 0. The maximum absolute atomic E-state index is 5.70. The van der Waals surface area contributed by atoms with Crippen LogP contribution in [0.15, 0.2) is 28.7 Å². The zero-order chi connectivity index (χ0) is 12.5. The van der Waals surface area contributed by atoms with Gasteiger partial charge in [0.2, 0.25) is 0 Å². The predicted octanol–water partition coefficient (Wildman–Crippen LogP) is 3.60. The average molecular weight is 300 g/mol. The Morgan fingerprint density at radius 1 is 1.29 bits per heavy atom. The third-order valence-electron chi connectivity index (χ3n) is 2.50. The molecule has 1 rings (SSSR count). The molecule has 1 atom stereocenters. The lowest BCUT2D eigenvalue weighted by Gasteiger charge is -2.12. The van der Waals surface area contributed by atoms with Crippen LogP contribution >= 0.6 is 15.9 Å². The molecule has 1 unspecified atom stereocenters. The molecule has 0 amide bonds. The minimum atomic E-state index is 0.567. The van der Waals surface area contributed by atoms with E-state index in [-0.39, 0.29) is 0 Å². The van der Waals surface area contributed by atoms with Crippen molar-refractivity contribution in [1.82, 2.24) is 5.32 Å². The Kier molecular flexibility index (Phi) is 7.49. The summed E-state index contributed by atoms with van der Waals surface area (Å²) in [4.78, 5) is 0. The molecular weight excluding hydrogens is 278 g/mol. The number of halogens is 1. The molecule has 0 aliphatic heterocycles. The Labute approximate surface area is 113 Å². The van der Waals surface area contributed by atoms with Gasteiger partial charge in [0.1, 0.15) is 0 Å². The zero-order valence-electron chi connectivity index (χ0n) is 10.7. The minimum absolute atomic E-state index is 0.567. The molecule has 0 aromatic heterocycles. The molecule has 0 aliphatic rings. The van der Waals surface area contributed by atoms with Crippen molar-refractivity contribution < 1.29 is 4.74 Å². The summed E-state index contributed by atoms with van der Waals surface area (Å²) in [6.45, 7) is 8.04. The Morgan fingerprint density at radius 2 is 2.00 bits per heavy atom. The van der Waals surface area contributed by atoms with Gasteiger partial charge in [0.05, 0.1) is 13.2 Å². The van der Waals surface area contributed by atoms with E-state index < -0.39 is 0 Å². The van der Waals surface area contributed by atoms with E-state index in [1.165, 1.54) is 12.0 Å². The molecule has 0 aliphatic carbocycles. The highest BCUT2D eigenvalue weighted by Crippen LogP contribution is 2.11. The molecule has 17 heavy (non-hydrogen) atoms. The molecule has 0 heterocycles. The molecule has 1 N–H and O–H groups in total. The molecule has 0 radical (unpaired) electrons. The molecule has 0 fully saturated rings. The SMILES string of the molecule is CCCNCC(C)COCc1ccc(Br)cc1. The van der Waals surface area contributed by atoms with Crippen molar-refractivity contribution in [2.45, 2.75) is 26.9 Å². The Balaban J connectivity index is 2.12. The number of hydrogen-bond donors (Lipinski definition) is 1. The van der Waals surface area contributed by atoms with Crippen molar-refractivity contribution in [2.24, 2.45) is 5.92 Å². The highest BCUT2D eigenvalue weighted by Gasteiger charge is 2.01. The summed E-state index contributed by atoms with van der Waals surface area (Å²) in [6, 6.07) is 8.27. The first-order chi connectivity index (χ1) is 8.22. The van der Waals surface area contributed by atoms with E-state index in [0.29, 0.717) is 12.5 Å². The number of ether oxygens (including phenoxy) is 1. The van der Waals surface area contributed by atoms with Gasteiger partial charge in [-0.15, -0.1) is 0 Å². The molecule has 3 heteroatoms. The molecule has 1 aromatic rings. The van der Waals surface area contributed by atoms with Crippen LogP contribution in [0.2, 0.25) is 0 Å². The molecule has 0 saturated carbocycles. The van der Waals surface area contributed by atoms with Crippen molar-refractivity contribution in [1.29, 1.82) is 0 Å². The first-order valence-electron chi connectivity index (χ1n) is 6.25. The van der Waals surface area contributed by atoms with Gasteiger partial charge in [0.15, 0.2) is 0 Å². The monoisotopic (exact) mass is 299 g/mol. The van der Waals surface area contributed by atoms with Gasteiger partial charge < -0.3 is 10.1 Å². The summed E-state index contributed by atoms with van der Waals surface area (Å²) in [5, 5.41) is 3.40. The standard InChI is InChI=1S/C14H22BrNO/c1-3-8-16-9-12(2)10-17-11-13-4-6-14(15)7-5-13/h4-7,12,16H,3,8-11H2,1-2H3. The van der Waals surface area contributed by atoms with Gasteiger partial charge in [-0.25, -0.2) is 0 Å². The van der Waals surface area contributed by atoms with E-state index in [9.17, 15) is 0 Å². The van der Waals surface area contributed by atoms with Crippen LogP contribution in [0.25, 0.3) is 0 Å². The lowest BCUT2D eigenvalue weighted by atomic mass is 10.2. The van der Waals surface area contributed by atoms with Gasteiger partial charge in [-0.1, -0.05) is 41.9 Å². The first-order valence-corrected chi connectivity index (χ1v) is 7.04. The van der Waals surface area contributed by atoms with Gasteiger partial charge in [0.25, 0.3) is 0 Å². The van der Waals surface area contributed by atoms with Crippen LogP contribution in [0.3, 0.4) is 0 Å². The molecular formula is C14H22BrNO. The van der Waals surface area contributed by atoms with Crippen LogP contribution in [0.1, 0.15) is 25.8 Å². The Bertz CT molecular complexity index is 300. The van der Waals surface area contributed by atoms with Crippen molar-refractivity contribution in [3.05, 3.63) is 34.3 Å². The van der Waals surface area contributed by atoms with Crippen molar-refractivity contribution >= 4 is 15.9 Å². The molecule has 96 valence electrons. The summed E-state index contributed by atoms with van der Waals surface area (Å²) >= 11 is 3.42. The summed E-state index contributed by atoms with van der Waals surface area (Å²) in [5.74, 6) is 0.567. The normalized spacial score (nSPS) is 12.6. The number of benzene rings is 1. The predicted molar refractivity (Wildman–Crippen MR) is 76.1 cm³/mol. The third-order valence-corrected chi connectivity index (χ3v) is 3.03. The van der Waals surface area contributed by atoms with Crippen LogP contribution in [-0.4, -0.2) is 19.7 Å². The van der Waals surface area contributed by atoms with Crippen LogP contribution < -0.4 is 5.32 Å². The lowest BCUT2D eigenvalue weighted by Crippen LogP contribution is -2.24. The Morgan fingerprint density at radius 3 is 2.65 bits per heavy atom. The smallest absolute Gasteiger partial charge is 0.0717 e. The second-order valence-corrected chi connectivity index (χ2v) is 5.37. The number of hydrogen-bond acceptors (Lipinski definition) is 2. The summed E-state index contributed by atoms with van der Waals surface area (Å²) < 4.78 is 6.81. The zero-order valence-corrected chi connectivity index (χ0v) is 12.3. The van der Waals surface area contributed by atoms with Gasteiger partial charge in [-0.05, 0) is 43.1 Å². The quantitative estimate of drug-likeness (QED) is 0.741. The van der Waals surface area contributed by atoms with Gasteiger partial charge in [-0.3, -0.25) is 0 Å². The maximum Gasteiger partial charge on any atom is 0.0717 e. The third kappa shape index (κ3) is 6.81. The van der Waals surface area contributed by atoms with Crippen molar-refractivity contribution in [3.8, 4) is 0 Å². The van der Waals surface area contributed by atoms with Gasteiger partial charge >= 0.3 is 0 Å². The van der Waals surface area contributed by atoms with Crippen LogP contribution in [0, 0.1) is 5.92 Å². The maximum atomic E-state index is 5.70. The second-order valence-electron chi connectivity index (χ2n) is 4.45. The second kappa shape index (κ2) is 8.67. The van der Waals surface area contributed by atoms with E-state index in [1.54, 1.807) is 0 Å². The molecule has 2 nitrogen and oxygen atoms in total. The van der Waals surface area contributed by atoms with Crippen LogP contribution in [0.4, 0.5) is 0 Å². The molecule has 0 saturated heterocycles. The molecule has 0 bridgehead atoms. The van der Waals surface area contributed by atoms with E-state index in [0.717, 1.165) is 24.2 Å². The van der Waals surface area contributed by atoms with Crippen LogP contribution in [0.5, 0.6) is 0 Å². The highest BCUT2D eigenvalue weighted by molar-refractivity contribution is 9.10. The van der Waals surface area contributed by atoms with E-state index >= 15 is 0 Å². The van der Waals surface area contributed by atoms with E-state index in [2.05, 4.69) is 47.2 Å². The summed E-state index contributed by atoms with van der Waals surface area (Å²) in [6.07, 6.45) is 1.19. The fourth-order valence-corrected chi connectivity index (χ4v) is 1.81. The van der Waals surface area contributed by atoms with Gasteiger partial charge in [-0.2, -0.15) is 0 Å². The molecule has 1 aromatic carbocycles. The largest absolute Gasteiger partial charge is 0.376 e. The van der Waals surface area contributed by atoms with E-state index in [4.69, 9.17) is 4.74 Å². The lowest BCUT2D eigenvalue weighted by molar-refractivity contribution is 0.0919. The van der Waals surface area contributed by atoms with Crippen molar-refractivity contribution in [3.63, 3.8) is 0 Å². The van der Waals surface area contributed by atoms with E-state index in [1.807, 2.05) is 12.1 Å². The topological polar surface area (TPSA) is 21.3 Å². The highest BCUT2D eigenvalue weighted by atomic mass is 79.9. The Hall–Kier alpha value is -0.380. The van der Waals surface area contributed by atoms with Crippen LogP contribution in [-0.2, 0) is 11.3 Å². The average Bonchev–Trinajstić information content (AvgIpc) is 2.32. The van der Waals surface area contributed by atoms with Crippen molar-refractivity contribution in [2.75, 3.05) is 19.7 Å².